The first-order valence-corrected chi connectivity index (χ1v) is 3.98. The molecule has 5 heteroatoms. The van der Waals surface area contributed by atoms with Crippen molar-refractivity contribution in [1.29, 1.82) is 0 Å². The highest BCUT2D eigenvalue weighted by Gasteiger charge is 2.19. The van der Waals surface area contributed by atoms with Gasteiger partial charge in [0, 0.05) is 14.1 Å². The summed E-state index contributed by atoms with van der Waals surface area (Å²) in [6.45, 7) is 1.22. The van der Waals surface area contributed by atoms with Crippen molar-refractivity contribution < 1.29 is 13.5 Å². The molecule has 0 aliphatic rings. The summed E-state index contributed by atoms with van der Waals surface area (Å²) < 4.78 is 22.4. The molecular weight excluding hydrogens is 142 g/mol. The van der Waals surface area contributed by atoms with E-state index in [1.807, 2.05) is 0 Å². The third-order valence-corrected chi connectivity index (χ3v) is 2.82. The first-order valence-electron chi connectivity index (χ1n) is 2.48. The third-order valence-electron chi connectivity index (χ3n) is 0.940. The molecule has 1 unspecified atom stereocenters. The van der Waals surface area contributed by atoms with E-state index < -0.39 is 15.5 Å². The van der Waals surface area contributed by atoms with Gasteiger partial charge in [0.1, 0.15) is 0 Å². The number of rotatable bonds is 2. The molecule has 0 heterocycles. The van der Waals surface area contributed by atoms with Crippen molar-refractivity contribution >= 4 is 10.0 Å². The van der Waals surface area contributed by atoms with E-state index in [1.54, 1.807) is 0 Å². The second kappa shape index (κ2) is 2.64. The van der Waals surface area contributed by atoms with Crippen LogP contribution in [0, 0.1) is 0 Å². The largest absolute Gasteiger partial charge is 0.376 e. The second-order valence-corrected chi connectivity index (χ2v) is 4.37. The summed E-state index contributed by atoms with van der Waals surface area (Å²) in [5.74, 6) is 0. The van der Waals surface area contributed by atoms with Crippen LogP contribution in [0.25, 0.3) is 0 Å². The lowest BCUT2D eigenvalue weighted by Gasteiger charge is -2.12. The summed E-state index contributed by atoms with van der Waals surface area (Å²) in [5, 5.41) is 8.62. The monoisotopic (exact) mass is 153 g/mol. The Morgan fingerprint density at radius 2 is 1.78 bits per heavy atom. The standard InChI is InChI=1S/C4H11NO3S/c1-4(6)9(7,8)5(2)3/h4,6H,1-3H3. The van der Waals surface area contributed by atoms with Crippen LogP contribution >= 0.6 is 0 Å². The molecule has 0 radical (unpaired) electrons. The van der Waals surface area contributed by atoms with Crippen LogP contribution in [-0.4, -0.2) is 37.4 Å². The van der Waals surface area contributed by atoms with Crippen LogP contribution in [0.15, 0.2) is 0 Å². The van der Waals surface area contributed by atoms with Crippen molar-refractivity contribution in [2.24, 2.45) is 0 Å². The second-order valence-electron chi connectivity index (χ2n) is 1.93. The van der Waals surface area contributed by atoms with Crippen LogP contribution in [0.5, 0.6) is 0 Å². The molecule has 0 saturated carbocycles. The van der Waals surface area contributed by atoms with E-state index in [1.165, 1.54) is 21.0 Å². The van der Waals surface area contributed by atoms with E-state index >= 15 is 0 Å². The van der Waals surface area contributed by atoms with E-state index in [0.29, 0.717) is 0 Å². The normalized spacial score (nSPS) is 16.1. The van der Waals surface area contributed by atoms with Crippen LogP contribution in [0.4, 0.5) is 0 Å². The van der Waals surface area contributed by atoms with Crippen LogP contribution < -0.4 is 0 Å². The first kappa shape index (κ1) is 8.87. The van der Waals surface area contributed by atoms with E-state index in [-0.39, 0.29) is 0 Å². The van der Waals surface area contributed by atoms with Gasteiger partial charge in [0.25, 0.3) is 0 Å². The van der Waals surface area contributed by atoms with Gasteiger partial charge in [0.2, 0.25) is 10.0 Å². The molecule has 0 aromatic rings. The van der Waals surface area contributed by atoms with E-state index in [2.05, 4.69) is 0 Å². The maximum Gasteiger partial charge on any atom is 0.240 e. The quantitative estimate of drug-likeness (QED) is 0.566. The highest BCUT2D eigenvalue weighted by molar-refractivity contribution is 7.89. The fraction of sp³-hybridized carbons (Fsp3) is 1.00. The lowest BCUT2D eigenvalue weighted by atomic mass is 10.9. The van der Waals surface area contributed by atoms with Gasteiger partial charge in [-0.05, 0) is 6.92 Å². The smallest absolute Gasteiger partial charge is 0.240 e. The van der Waals surface area contributed by atoms with E-state index in [9.17, 15) is 8.42 Å². The maximum absolute atomic E-state index is 10.7. The molecule has 0 bridgehead atoms. The predicted molar refractivity (Wildman–Crippen MR) is 34.3 cm³/mol. The van der Waals surface area contributed by atoms with Gasteiger partial charge in [-0.2, -0.15) is 0 Å². The molecule has 0 fully saturated rings. The Morgan fingerprint density at radius 1 is 1.44 bits per heavy atom. The van der Waals surface area contributed by atoms with Crippen molar-refractivity contribution in [2.75, 3.05) is 14.1 Å². The summed E-state index contributed by atoms with van der Waals surface area (Å²) in [5.41, 5.74) is -1.31. The Hall–Kier alpha value is -0.130. The van der Waals surface area contributed by atoms with E-state index in [0.717, 1.165) is 4.31 Å². The zero-order valence-electron chi connectivity index (χ0n) is 5.70. The van der Waals surface area contributed by atoms with Gasteiger partial charge in [-0.3, -0.25) is 0 Å². The number of hydrogen-bond acceptors (Lipinski definition) is 3. The zero-order valence-corrected chi connectivity index (χ0v) is 6.51. The zero-order chi connectivity index (χ0) is 7.65. The van der Waals surface area contributed by atoms with Crippen molar-refractivity contribution in [2.45, 2.75) is 12.4 Å². The Balaban J connectivity index is 4.42. The molecule has 0 amide bonds. The predicted octanol–water partition coefficient (Wildman–Crippen LogP) is -0.784. The molecule has 0 saturated heterocycles. The van der Waals surface area contributed by atoms with Gasteiger partial charge in [0.05, 0.1) is 0 Å². The van der Waals surface area contributed by atoms with Crippen LogP contribution in [0.2, 0.25) is 0 Å². The Kier molecular flexibility index (Phi) is 2.60. The molecule has 0 aromatic carbocycles. The van der Waals surface area contributed by atoms with Crippen molar-refractivity contribution in [3.8, 4) is 0 Å². The minimum Gasteiger partial charge on any atom is -0.376 e. The van der Waals surface area contributed by atoms with Gasteiger partial charge in [-0.25, -0.2) is 12.7 Å². The Labute approximate surface area is 55.1 Å². The van der Waals surface area contributed by atoms with Gasteiger partial charge in [-0.1, -0.05) is 0 Å². The highest BCUT2D eigenvalue weighted by atomic mass is 32.2. The average Bonchev–Trinajstić information content (AvgIpc) is 1.65. The number of aliphatic hydroxyl groups is 1. The third kappa shape index (κ3) is 1.92. The van der Waals surface area contributed by atoms with Gasteiger partial charge < -0.3 is 5.11 Å². The van der Waals surface area contributed by atoms with Crippen molar-refractivity contribution in [3.05, 3.63) is 0 Å². The number of sulfonamides is 1. The summed E-state index contributed by atoms with van der Waals surface area (Å²) >= 11 is 0. The molecule has 1 atom stereocenters. The average molecular weight is 153 g/mol. The number of hydrogen-bond donors (Lipinski definition) is 1. The molecular formula is C4H11NO3S. The lowest BCUT2D eigenvalue weighted by Crippen LogP contribution is -2.31. The lowest BCUT2D eigenvalue weighted by molar-refractivity contribution is 0.259. The number of nitrogens with zero attached hydrogens (tertiary/aromatic N) is 1. The topological polar surface area (TPSA) is 57.6 Å². The summed E-state index contributed by atoms with van der Waals surface area (Å²) in [7, 11) is -0.672. The Bertz CT molecular complexity index is 156. The maximum atomic E-state index is 10.7. The van der Waals surface area contributed by atoms with Crippen LogP contribution in [-0.2, 0) is 10.0 Å². The highest BCUT2D eigenvalue weighted by Crippen LogP contribution is 1.99. The number of aliphatic hydroxyl groups excluding tert-OH is 1. The van der Waals surface area contributed by atoms with Crippen LogP contribution in [0.3, 0.4) is 0 Å². The summed E-state index contributed by atoms with van der Waals surface area (Å²) in [6, 6.07) is 0. The molecule has 9 heavy (non-hydrogen) atoms. The summed E-state index contributed by atoms with van der Waals surface area (Å²) in [4.78, 5) is 0. The molecule has 4 nitrogen and oxygen atoms in total. The summed E-state index contributed by atoms with van der Waals surface area (Å²) in [6.07, 6.45) is 0. The van der Waals surface area contributed by atoms with Gasteiger partial charge >= 0.3 is 0 Å². The minimum absolute atomic E-state index is 0.984. The van der Waals surface area contributed by atoms with Crippen molar-refractivity contribution in [3.63, 3.8) is 0 Å². The first-order chi connectivity index (χ1) is 3.89. The molecule has 0 aliphatic heterocycles. The Morgan fingerprint density at radius 3 is 1.78 bits per heavy atom. The minimum atomic E-state index is -3.43. The fourth-order valence-electron chi connectivity index (χ4n) is 0.305. The fourth-order valence-corrected chi connectivity index (χ4v) is 0.915. The van der Waals surface area contributed by atoms with Gasteiger partial charge in [0.15, 0.2) is 5.44 Å². The molecule has 0 aliphatic carbocycles. The molecule has 0 rings (SSSR count). The van der Waals surface area contributed by atoms with Crippen LogP contribution in [0.1, 0.15) is 6.92 Å². The molecule has 0 spiro atoms. The van der Waals surface area contributed by atoms with Crippen molar-refractivity contribution in [1.82, 2.24) is 4.31 Å². The molecule has 1 N–H and O–H groups in total. The molecule has 56 valence electrons. The van der Waals surface area contributed by atoms with E-state index in [4.69, 9.17) is 5.11 Å². The molecule has 0 aromatic heterocycles. The van der Waals surface area contributed by atoms with Gasteiger partial charge in [-0.15, -0.1) is 0 Å². The SMILES string of the molecule is CC(O)S(=O)(=O)N(C)C.